The second-order valence-corrected chi connectivity index (χ2v) is 5.27. The number of quaternary nitrogens is 1. The van der Waals surface area contributed by atoms with Crippen LogP contribution in [-0.2, 0) is 4.79 Å². The van der Waals surface area contributed by atoms with Crippen molar-refractivity contribution in [1.82, 2.24) is 5.32 Å². The molecule has 1 aromatic rings. The van der Waals surface area contributed by atoms with E-state index in [1.807, 2.05) is 30.3 Å². The third-order valence-corrected chi connectivity index (χ3v) is 3.80. The quantitative estimate of drug-likeness (QED) is 0.746. The van der Waals surface area contributed by atoms with E-state index in [4.69, 9.17) is 5.73 Å². The maximum atomic E-state index is 12.3. The van der Waals surface area contributed by atoms with Crippen LogP contribution in [0.1, 0.15) is 37.3 Å². The molecule has 0 aromatic heterocycles. The van der Waals surface area contributed by atoms with Gasteiger partial charge in [0.05, 0.1) is 13.1 Å². The number of likely N-dealkylation sites (tertiary alicyclic amines) is 1. The molecule has 1 saturated heterocycles. The summed E-state index contributed by atoms with van der Waals surface area (Å²) in [6, 6.07) is 8.47. The highest BCUT2D eigenvalue weighted by molar-refractivity contribution is 5.96. The van der Waals surface area contributed by atoms with Gasteiger partial charge in [-0.2, -0.15) is 0 Å². The van der Waals surface area contributed by atoms with E-state index in [9.17, 15) is 9.59 Å². The van der Waals surface area contributed by atoms with Crippen LogP contribution in [0.15, 0.2) is 30.3 Å². The molecule has 5 heteroatoms. The monoisotopic (exact) mass is 276 g/mol. The zero-order valence-corrected chi connectivity index (χ0v) is 11.6. The number of amides is 3. The molecule has 1 aromatic carbocycles. The van der Waals surface area contributed by atoms with E-state index >= 15 is 0 Å². The average Bonchev–Trinajstić information content (AvgIpc) is 2.68. The summed E-state index contributed by atoms with van der Waals surface area (Å²) in [6.07, 6.45) is 4.65. The summed E-state index contributed by atoms with van der Waals surface area (Å²) in [5.74, 6) is -0.305. The number of carbonyl (C=O) groups is 2. The second-order valence-electron chi connectivity index (χ2n) is 5.27. The molecule has 1 atom stereocenters. The molecule has 0 saturated carbocycles. The molecule has 108 valence electrons. The summed E-state index contributed by atoms with van der Waals surface area (Å²) in [4.78, 5) is 24.5. The van der Waals surface area contributed by atoms with Crippen LogP contribution in [0.5, 0.6) is 0 Å². The van der Waals surface area contributed by atoms with E-state index in [0.717, 1.165) is 31.5 Å². The van der Waals surface area contributed by atoms with Gasteiger partial charge in [0.2, 0.25) is 0 Å². The van der Waals surface area contributed by atoms with Crippen molar-refractivity contribution in [3.05, 3.63) is 35.9 Å². The number of urea groups is 1. The molecule has 2 rings (SSSR count). The summed E-state index contributed by atoms with van der Waals surface area (Å²) in [5.41, 5.74) is 6.02. The van der Waals surface area contributed by atoms with Gasteiger partial charge in [0.1, 0.15) is 0 Å². The van der Waals surface area contributed by atoms with Crippen molar-refractivity contribution in [2.45, 2.75) is 31.7 Å². The Hall–Kier alpha value is -1.88. The number of carbonyl (C=O) groups excluding carboxylic acids is 2. The molecule has 0 radical (unpaired) electrons. The largest absolute Gasteiger partial charge is 0.351 e. The summed E-state index contributed by atoms with van der Waals surface area (Å²) in [6.45, 7) is 1.90. The van der Waals surface area contributed by atoms with Crippen LogP contribution in [0.4, 0.5) is 4.79 Å². The van der Waals surface area contributed by atoms with E-state index in [2.05, 4.69) is 5.32 Å². The minimum atomic E-state index is -0.787. The summed E-state index contributed by atoms with van der Waals surface area (Å²) in [5, 5.41) is 2.24. The third kappa shape index (κ3) is 3.81. The highest BCUT2D eigenvalue weighted by atomic mass is 16.2. The minimum Gasteiger partial charge on any atom is -0.351 e. The van der Waals surface area contributed by atoms with Crippen molar-refractivity contribution in [3.8, 4) is 0 Å². The van der Waals surface area contributed by atoms with Crippen LogP contribution >= 0.6 is 0 Å². The van der Waals surface area contributed by atoms with Gasteiger partial charge in [-0.25, -0.2) is 4.79 Å². The van der Waals surface area contributed by atoms with Gasteiger partial charge in [-0.3, -0.25) is 10.1 Å². The molecule has 1 fully saturated rings. The Balaban J connectivity index is 2.23. The smallest absolute Gasteiger partial charge is 0.319 e. The number of hydrogen-bond donors (Lipinski definition) is 3. The van der Waals surface area contributed by atoms with Gasteiger partial charge in [0, 0.05) is 5.56 Å². The third-order valence-electron chi connectivity index (χ3n) is 3.80. The summed E-state index contributed by atoms with van der Waals surface area (Å²) >= 11 is 0. The maximum Gasteiger partial charge on any atom is 0.319 e. The van der Waals surface area contributed by atoms with Crippen molar-refractivity contribution in [3.63, 3.8) is 0 Å². The lowest BCUT2D eigenvalue weighted by molar-refractivity contribution is -0.921. The number of imide groups is 1. The van der Waals surface area contributed by atoms with Gasteiger partial charge in [0.25, 0.3) is 5.91 Å². The lowest BCUT2D eigenvalue weighted by Crippen LogP contribution is -3.13. The van der Waals surface area contributed by atoms with Crippen LogP contribution in [0.3, 0.4) is 0 Å². The molecule has 5 nitrogen and oxygen atoms in total. The molecule has 0 unspecified atom stereocenters. The van der Waals surface area contributed by atoms with Crippen molar-refractivity contribution < 1.29 is 14.5 Å². The molecule has 4 N–H and O–H groups in total. The van der Waals surface area contributed by atoms with Crippen LogP contribution in [0.25, 0.3) is 0 Å². The fraction of sp³-hybridized carbons (Fsp3) is 0.467. The van der Waals surface area contributed by atoms with Gasteiger partial charge in [-0.15, -0.1) is 0 Å². The minimum absolute atomic E-state index is 0.305. The second kappa shape index (κ2) is 7.05. The van der Waals surface area contributed by atoms with E-state index in [1.54, 1.807) is 0 Å². The molecule has 1 heterocycles. The fourth-order valence-corrected chi connectivity index (χ4v) is 2.88. The van der Waals surface area contributed by atoms with Gasteiger partial charge >= 0.3 is 6.03 Å². The zero-order chi connectivity index (χ0) is 14.4. The van der Waals surface area contributed by atoms with E-state index in [0.29, 0.717) is 0 Å². The van der Waals surface area contributed by atoms with E-state index in [1.165, 1.54) is 17.7 Å². The molecule has 20 heavy (non-hydrogen) atoms. The van der Waals surface area contributed by atoms with Crippen LogP contribution in [0, 0.1) is 0 Å². The Morgan fingerprint density at radius 2 is 1.65 bits per heavy atom. The zero-order valence-electron chi connectivity index (χ0n) is 11.6. The van der Waals surface area contributed by atoms with Crippen molar-refractivity contribution in [2.75, 3.05) is 13.1 Å². The standard InChI is InChI=1S/C15H21N3O2/c16-15(20)17-14(19)13(12-8-4-3-5-9-12)18-10-6-1-2-7-11-18/h3-5,8-9,13H,1-2,6-7,10-11H2,(H3,16,17,19,20)/p+1/t13-/m1/s1. The molecule has 0 bridgehead atoms. The predicted molar refractivity (Wildman–Crippen MR) is 76.1 cm³/mol. The van der Waals surface area contributed by atoms with E-state index in [-0.39, 0.29) is 11.9 Å². The molecule has 1 aliphatic heterocycles. The summed E-state index contributed by atoms with van der Waals surface area (Å²) in [7, 11) is 0. The normalized spacial score (nSPS) is 18.0. The first-order valence-electron chi connectivity index (χ1n) is 7.18. The van der Waals surface area contributed by atoms with Gasteiger partial charge in [-0.1, -0.05) is 30.3 Å². The maximum absolute atomic E-state index is 12.3. The van der Waals surface area contributed by atoms with Gasteiger partial charge < -0.3 is 10.6 Å². The topological polar surface area (TPSA) is 76.6 Å². The molecule has 0 aliphatic carbocycles. The Kier molecular flexibility index (Phi) is 5.12. The number of benzene rings is 1. The molecular weight excluding hydrogens is 254 g/mol. The number of hydrogen-bond acceptors (Lipinski definition) is 2. The SMILES string of the molecule is NC(=O)NC(=O)[C@@H](c1ccccc1)[NH+]1CCCCCC1. The number of rotatable bonds is 3. The fourth-order valence-electron chi connectivity index (χ4n) is 2.88. The number of nitrogens with one attached hydrogen (secondary N) is 2. The number of primary amides is 1. The Morgan fingerprint density at radius 1 is 1.05 bits per heavy atom. The predicted octanol–water partition coefficient (Wildman–Crippen LogP) is 0.381. The van der Waals surface area contributed by atoms with Crippen molar-refractivity contribution in [1.29, 1.82) is 0 Å². The van der Waals surface area contributed by atoms with Gasteiger partial charge in [-0.05, 0) is 25.7 Å². The average molecular weight is 276 g/mol. The lowest BCUT2D eigenvalue weighted by atomic mass is 10.0. The Labute approximate surface area is 119 Å². The van der Waals surface area contributed by atoms with E-state index < -0.39 is 6.03 Å². The molecule has 0 spiro atoms. The first-order valence-corrected chi connectivity index (χ1v) is 7.18. The van der Waals surface area contributed by atoms with Crippen LogP contribution in [-0.4, -0.2) is 25.0 Å². The Morgan fingerprint density at radius 3 is 2.20 bits per heavy atom. The highest BCUT2D eigenvalue weighted by Crippen LogP contribution is 2.11. The Bertz CT molecular complexity index is 453. The molecule has 3 amide bonds. The lowest BCUT2D eigenvalue weighted by Gasteiger charge is -2.26. The molecular formula is C15H22N3O2+. The van der Waals surface area contributed by atoms with Crippen molar-refractivity contribution in [2.24, 2.45) is 5.73 Å². The van der Waals surface area contributed by atoms with Crippen LogP contribution in [0.2, 0.25) is 0 Å². The summed E-state index contributed by atoms with van der Waals surface area (Å²) < 4.78 is 0. The first kappa shape index (κ1) is 14.5. The first-order chi connectivity index (χ1) is 9.68. The molecule has 1 aliphatic rings. The number of nitrogens with two attached hydrogens (primary N) is 1. The highest BCUT2D eigenvalue weighted by Gasteiger charge is 2.32. The van der Waals surface area contributed by atoms with Crippen molar-refractivity contribution >= 4 is 11.9 Å². The van der Waals surface area contributed by atoms with Crippen LogP contribution < -0.4 is 16.0 Å². The van der Waals surface area contributed by atoms with Gasteiger partial charge in [0.15, 0.2) is 6.04 Å².